The van der Waals surface area contributed by atoms with E-state index in [9.17, 15) is 0 Å². The summed E-state index contributed by atoms with van der Waals surface area (Å²) < 4.78 is 0. The van der Waals surface area contributed by atoms with E-state index in [1.165, 1.54) is 37.9 Å². The molecule has 0 nitrogen and oxygen atoms in total. The smallest absolute Gasteiger partial charge is 0.0412 e. The van der Waals surface area contributed by atoms with Gasteiger partial charge in [0.05, 0.1) is 0 Å². The lowest BCUT2D eigenvalue weighted by Crippen LogP contribution is -1.84. The van der Waals surface area contributed by atoms with Crippen molar-refractivity contribution in [3.8, 4) is 11.1 Å². The van der Waals surface area contributed by atoms with Crippen LogP contribution in [-0.2, 0) is 0 Å². The molecule has 0 saturated heterocycles. The number of benzene rings is 5. The van der Waals surface area contributed by atoms with Gasteiger partial charge in [0.2, 0.25) is 0 Å². The van der Waals surface area contributed by atoms with Gasteiger partial charge < -0.3 is 0 Å². The van der Waals surface area contributed by atoms with Gasteiger partial charge in [0.15, 0.2) is 0 Å². The average Bonchev–Trinajstić information content (AvgIpc) is 2.68. The van der Waals surface area contributed by atoms with Gasteiger partial charge in [-0.25, -0.2) is 0 Å². The van der Waals surface area contributed by atoms with Crippen molar-refractivity contribution in [2.24, 2.45) is 0 Å². The van der Waals surface area contributed by atoms with Crippen molar-refractivity contribution in [3.05, 3.63) is 96.0 Å². The molecule has 0 aliphatic heterocycles. The first-order chi connectivity index (χ1) is 12.3. The van der Waals surface area contributed by atoms with E-state index in [0.717, 1.165) is 10.6 Å². The fraction of sp³-hybridized carbons (Fsp3) is 0. The summed E-state index contributed by atoms with van der Waals surface area (Å²) in [6.45, 7) is 0. The minimum Gasteiger partial charge on any atom is -0.0843 e. The summed E-state index contributed by atoms with van der Waals surface area (Å²) in [5, 5.41) is 8.54. The van der Waals surface area contributed by atoms with Gasteiger partial charge >= 0.3 is 0 Å². The van der Waals surface area contributed by atoms with Crippen LogP contribution < -0.4 is 0 Å². The summed E-state index contributed by atoms with van der Waals surface area (Å²) in [5.41, 5.74) is 2.34. The van der Waals surface area contributed by atoms with E-state index >= 15 is 0 Å². The minimum atomic E-state index is 0.765. The molecule has 0 N–H and O–H groups in total. The van der Waals surface area contributed by atoms with Gasteiger partial charge in [0.25, 0.3) is 0 Å². The van der Waals surface area contributed by atoms with E-state index in [-0.39, 0.29) is 0 Å². The molecule has 0 aliphatic carbocycles. The van der Waals surface area contributed by atoms with Crippen LogP contribution in [0.4, 0.5) is 0 Å². The van der Waals surface area contributed by atoms with Crippen molar-refractivity contribution in [2.45, 2.75) is 0 Å². The normalized spacial score (nSPS) is 11.4. The highest BCUT2D eigenvalue weighted by Crippen LogP contribution is 2.37. The molecular weight excluding hydrogens is 324 g/mol. The van der Waals surface area contributed by atoms with E-state index < -0.39 is 0 Å². The molecule has 0 heterocycles. The molecule has 0 amide bonds. The third kappa shape index (κ3) is 2.30. The number of fused-ring (bicyclic) bond motifs is 6. The van der Waals surface area contributed by atoms with Crippen molar-refractivity contribution in [1.29, 1.82) is 0 Å². The Kier molecular flexibility index (Phi) is 3.26. The number of halogens is 1. The maximum absolute atomic E-state index is 6.19. The van der Waals surface area contributed by atoms with Gasteiger partial charge in [-0.3, -0.25) is 0 Å². The Bertz CT molecular complexity index is 1220. The van der Waals surface area contributed by atoms with E-state index in [1.807, 2.05) is 18.2 Å². The summed E-state index contributed by atoms with van der Waals surface area (Å²) in [7, 11) is 0. The molecule has 0 aromatic heterocycles. The van der Waals surface area contributed by atoms with Crippen LogP contribution in [0.3, 0.4) is 0 Å². The molecule has 118 valence electrons. The molecule has 0 aliphatic rings. The predicted molar refractivity (Wildman–Crippen MR) is 109 cm³/mol. The summed E-state index contributed by atoms with van der Waals surface area (Å²) in [4.78, 5) is 0. The average molecular weight is 339 g/mol. The van der Waals surface area contributed by atoms with Crippen molar-refractivity contribution >= 4 is 43.9 Å². The van der Waals surface area contributed by atoms with Crippen LogP contribution in [0.5, 0.6) is 0 Å². The zero-order chi connectivity index (χ0) is 16.8. The Morgan fingerprint density at radius 3 is 1.52 bits per heavy atom. The van der Waals surface area contributed by atoms with Gasteiger partial charge in [-0.15, -0.1) is 0 Å². The van der Waals surface area contributed by atoms with Crippen LogP contribution in [0.15, 0.2) is 91.0 Å². The molecule has 25 heavy (non-hydrogen) atoms. The lowest BCUT2D eigenvalue weighted by molar-refractivity contribution is 1.65. The number of rotatable bonds is 1. The quantitative estimate of drug-likeness (QED) is 0.278. The molecule has 0 fully saturated rings. The lowest BCUT2D eigenvalue weighted by atomic mass is 9.92. The molecule has 5 aromatic carbocycles. The second-order valence-corrected chi connectivity index (χ2v) is 6.80. The zero-order valence-electron chi connectivity index (χ0n) is 13.5. The molecule has 0 spiro atoms. The van der Waals surface area contributed by atoms with Gasteiger partial charge in [-0.2, -0.15) is 0 Å². The predicted octanol–water partition coefficient (Wildman–Crippen LogP) is 7.47. The van der Waals surface area contributed by atoms with Gasteiger partial charge in [-0.1, -0.05) is 84.4 Å². The molecular formula is C24H15Cl. The lowest BCUT2D eigenvalue weighted by Gasteiger charge is -2.12. The van der Waals surface area contributed by atoms with Crippen LogP contribution in [0.2, 0.25) is 5.02 Å². The highest BCUT2D eigenvalue weighted by atomic mass is 35.5. The first kappa shape index (κ1) is 14.5. The molecule has 0 radical (unpaired) electrons. The molecule has 0 atom stereocenters. The highest BCUT2D eigenvalue weighted by molar-refractivity contribution is 6.31. The second kappa shape index (κ2) is 5.61. The first-order valence-corrected chi connectivity index (χ1v) is 8.78. The fourth-order valence-electron chi connectivity index (χ4n) is 3.76. The van der Waals surface area contributed by atoms with E-state index in [0.29, 0.717) is 0 Å². The van der Waals surface area contributed by atoms with Crippen LogP contribution in [0.25, 0.3) is 43.4 Å². The summed E-state index contributed by atoms with van der Waals surface area (Å²) in [6.07, 6.45) is 0. The van der Waals surface area contributed by atoms with Crippen molar-refractivity contribution in [3.63, 3.8) is 0 Å². The Hall–Kier alpha value is -2.83. The Balaban J connectivity index is 1.93. The third-order valence-corrected chi connectivity index (χ3v) is 5.14. The van der Waals surface area contributed by atoms with Gasteiger partial charge in [-0.05, 0) is 61.6 Å². The number of hydrogen-bond acceptors (Lipinski definition) is 0. The largest absolute Gasteiger partial charge is 0.0843 e. The molecule has 0 unspecified atom stereocenters. The van der Waals surface area contributed by atoms with Crippen LogP contribution in [0, 0.1) is 0 Å². The van der Waals surface area contributed by atoms with E-state index in [1.54, 1.807) is 0 Å². The topological polar surface area (TPSA) is 0 Å². The Labute approximate surface area is 151 Å². The maximum Gasteiger partial charge on any atom is 0.0412 e. The second-order valence-electron chi connectivity index (χ2n) is 6.36. The molecule has 1 heteroatoms. The van der Waals surface area contributed by atoms with E-state index in [2.05, 4.69) is 72.8 Å². The first-order valence-electron chi connectivity index (χ1n) is 8.40. The Morgan fingerprint density at radius 1 is 0.400 bits per heavy atom. The molecule has 5 rings (SSSR count). The van der Waals surface area contributed by atoms with Crippen LogP contribution in [-0.4, -0.2) is 0 Å². The molecule has 0 bridgehead atoms. The van der Waals surface area contributed by atoms with Crippen molar-refractivity contribution < 1.29 is 0 Å². The van der Waals surface area contributed by atoms with E-state index in [4.69, 9.17) is 11.6 Å². The summed E-state index contributed by atoms with van der Waals surface area (Å²) >= 11 is 6.19. The summed E-state index contributed by atoms with van der Waals surface area (Å²) in [5.74, 6) is 0. The van der Waals surface area contributed by atoms with Crippen molar-refractivity contribution in [2.75, 3.05) is 0 Å². The van der Waals surface area contributed by atoms with Gasteiger partial charge in [0, 0.05) is 5.02 Å². The van der Waals surface area contributed by atoms with Crippen molar-refractivity contribution in [1.82, 2.24) is 0 Å². The standard InChI is InChI=1S/C24H15Cl/c25-18-7-5-6-16(14-18)17-12-13-23-21-10-2-1-8-19(21)20-9-3-4-11-22(20)24(23)15-17/h1-15H. The van der Waals surface area contributed by atoms with Gasteiger partial charge in [0.1, 0.15) is 0 Å². The summed E-state index contributed by atoms with van der Waals surface area (Å²) in [6, 6.07) is 32.1. The van der Waals surface area contributed by atoms with Crippen LogP contribution >= 0.6 is 11.6 Å². The Morgan fingerprint density at radius 2 is 0.920 bits per heavy atom. The zero-order valence-corrected chi connectivity index (χ0v) is 14.3. The SMILES string of the molecule is Clc1cccc(-c2ccc3c4ccccc4c4ccccc4c3c2)c1. The maximum atomic E-state index is 6.19. The fourth-order valence-corrected chi connectivity index (χ4v) is 3.95. The number of hydrogen-bond donors (Lipinski definition) is 0. The monoisotopic (exact) mass is 338 g/mol. The molecule has 5 aromatic rings. The molecule has 0 saturated carbocycles. The third-order valence-electron chi connectivity index (χ3n) is 4.90. The minimum absolute atomic E-state index is 0.765. The van der Waals surface area contributed by atoms with Crippen LogP contribution in [0.1, 0.15) is 0 Å². The highest BCUT2D eigenvalue weighted by Gasteiger charge is 2.09.